The molecule has 22 heavy (non-hydrogen) atoms. The zero-order valence-electron chi connectivity index (χ0n) is 12.7. The number of hydrogen-bond acceptors (Lipinski definition) is 5. The number of carbonyl (C=O) groups excluding carboxylic acids is 2. The SMILES string of the molecule is CCOc1cc(C[C@@H]2SC(=O)N(CC)C2=O)cc(I)c1OC. The summed E-state index contributed by atoms with van der Waals surface area (Å²) in [6.45, 7) is 4.68. The second-order valence-corrected chi connectivity index (χ2v) is 7.02. The zero-order chi connectivity index (χ0) is 16.3. The van der Waals surface area contributed by atoms with Crippen molar-refractivity contribution in [3.63, 3.8) is 0 Å². The van der Waals surface area contributed by atoms with Crippen molar-refractivity contribution >= 4 is 45.5 Å². The number of amides is 2. The van der Waals surface area contributed by atoms with Crippen LogP contribution in [0.5, 0.6) is 11.5 Å². The van der Waals surface area contributed by atoms with Gasteiger partial charge in [0.25, 0.3) is 5.24 Å². The van der Waals surface area contributed by atoms with E-state index in [-0.39, 0.29) is 16.4 Å². The number of methoxy groups -OCH3 is 1. The smallest absolute Gasteiger partial charge is 0.289 e. The number of rotatable bonds is 6. The molecular formula is C15H18INO4S. The maximum Gasteiger partial charge on any atom is 0.289 e. The average Bonchev–Trinajstić information content (AvgIpc) is 2.73. The number of benzene rings is 1. The summed E-state index contributed by atoms with van der Waals surface area (Å²) >= 11 is 3.28. The van der Waals surface area contributed by atoms with Crippen LogP contribution in [0.25, 0.3) is 0 Å². The lowest BCUT2D eigenvalue weighted by molar-refractivity contribution is -0.126. The summed E-state index contributed by atoms with van der Waals surface area (Å²) in [5.41, 5.74) is 0.963. The van der Waals surface area contributed by atoms with Gasteiger partial charge in [0.05, 0.1) is 22.5 Å². The van der Waals surface area contributed by atoms with E-state index in [9.17, 15) is 9.59 Å². The van der Waals surface area contributed by atoms with Crippen LogP contribution in [0.1, 0.15) is 19.4 Å². The van der Waals surface area contributed by atoms with Gasteiger partial charge >= 0.3 is 0 Å². The summed E-state index contributed by atoms with van der Waals surface area (Å²) in [7, 11) is 1.60. The maximum atomic E-state index is 12.2. The lowest BCUT2D eigenvalue weighted by atomic mass is 10.1. The van der Waals surface area contributed by atoms with Gasteiger partial charge in [0.2, 0.25) is 5.91 Å². The van der Waals surface area contributed by atoms with Crippen LogP contribution in [-0.2, 0) is 11.2 Å². The van der Waals surface area contributed by atoms with Crippen molar-refractivity contribution in [2.75, 3.05) is 20.3 Å². The third kappa shape index (κ3) is 3.51. The van der Waals surface area contributed by atoms with Gasteiger partial charge in [-0.15, -0.1) is 0 Å². The molecule has 1 atom stereocenters. The molecule has 7 heteroatoms. The highest BCUT2D eigenvalue weighted by atomic mass is 127. The van der Waals surface area contributed by atoms with E-state index in [4.69, 9.17) is 9.47 Å². The molecule has 0 unspecified atom stereocenters. The molecule has 0 radical (unpaired) electrons. The van der Waals surface area contributed by atoms with Gasteiger partial charge in [-0.2, -0.15) is 0 Å². The summed E-state index contributed by atoms with van der Waals surface area (Å²) in [6.07, 6.45) is 0.506. The predicted molar refractivity (Wildman–Crippen MR) is 94.7 cm³/mol. The first-order valence-electron chi connectivity index (χ1n) is 7.03. The molecule has 0 aromatic heterocycles. The number of thioether (sulfide) groups is 1. The van der Waals surface area contributed by atoms with Gasteiger partial charge < -0.3 is 9.47 Å². The first kappa shape index (κ1) is 17.4. The largest absolute Gasteiger partial charge is 0.492 e. The Kier molecular flexibility index (Phi) is 5.96. The summed E-state index contributed by atoms with van der Waals surface area (Å²) in [6, 6.07) is 3.85. The van der Waals surface area contributed by atoms with Gasteiger partial charge in [0.1, 0.15) is 0 Å². The Bertz CT molecular complexity index is 593. The van der Waals surface area contributed by atoms with Crippen molar-refractivity contribution in [1.82, 2.24) is 4.90 Å². The first-order valence-corrected chi connectivity index (χ1v) is 8.98. The van der Waals surface area contributed by atoms with E-state index in [1.165, 1.54) is 4.90 Å². The summed E-state index contributed by atoms with van der Waals surface area (Å²) < 4.78 is 11.9. The Labute approximate surface area is 147 Å². The first-order chi connectivity index (χ1) is 10.5. The van der Waals surface area contributed by atoms with Crippen molar-refractivity contribution in [2.24, 2.45) is 0 Å². The average molecular weight is 435 g/mol. The van der Waals surface area contributed by atoms with E-state index in [0.29, 0.717) is 31.1 Å². The van der Waals surface area contributed by atoms with Crippen LogP contribution in [-0.4, -0.2) is 41.6 Å². The molecule has 0 aliphatic carbocycles. The number of imide groups is 1. The van der Waals surface area contributed by atoms with Crippen molar-refractivity contribution in [3.05, 3.63) is 21.3 Å². The second-order valence-electron chi connectivity index (χ2n) is 4.70. The molecule has 5 nitrogen and oxygen atoms in total. The maximum absolute atomic E-state index is 12.2. The number of carbonyl (C=O) groups is 2. The monoisotopic (exact) mass is 435 g/mol. The third-order valence-corrected chi connectivity index (χ3v) is 5.19. The fraction of sp³-hybridized carbons (Fsp3) is 0.467. The van der Waals surface area contributed by atoms with Crippen LogP contribution < -0.4 is 9.47 Å². The molecular weight excluding hydrogens is 417 g/mol. The summed E-state index contributed by atoms with van der Waals surface area (Å²) in [5, 5.41) is -0.517. The number of ether oxygens (including phenoxy) is 2. The van der Waals surface area contributed by atoms with E-state index in [2.05, 4.69) is 22.6 Å². The Hall–Kier alpha value is -0.960. The van der Waals surface area contributed by atoms with Crippen molar-refractivity contribution in [2.45, 2.75) is 25.5 Å². The molecule has 2 amide bonds. The van der Waals surface area contributed by atoms with Crippen LogP contribution in [0.3, 0.4) is 0 Å². The second kappa shape index (κ2) is 7.54. The van der Waals surface area contributed by atoms with Crippen LogP contribution in [0.15, 0.2) is 12.1 Å². The fourth-order valence-electron chi connectivity index (χ4n) is 2.33. The third-order valence-electron chi connectivity index (χ3n) is 3.32. The molecule has 0 spiro atoms. The highest BCUT2D eigenvalue weighted by Gasteiger charge is 2.38. The van der Waals surface area contributed by atoms with Crippen LogP contribution in [0, 0.1) is 3.57 Å². The van der Waals surface area contributed by atoms with Gasteiger partial charge in [-0.1, -0.05) is 11.8 Å². The molecule has 1 aliphatic rings. The predicted octanol–water partition coefficient (Wildman–Crippen LogP) is 3.32. The highest BCUT2D eigenvalue weighted by molar-refractivity contribution is 14.1. The molecule has 0 saturated carbocycles. The molecule has 1 aliphatic heterocycles. The van der Waals surface area contributed by atoms with Crippen molar-refractivity contribution < 1.29 is 19.1 Å². The van der Waals surface area contributed by atoms with Gasteiger partial charge in [0, 0.05) is 6.54 Å². The molecule has 1 aromatic rings. The standard InChI is InChI=1S/C15H18INO4S/c1-4-17-14(18)12(22-15(17)19)8-9-6-10(16)13(20-3)11(7-9)21-5-2/h6-7,12H,4-5,8H2,1-3H3/t12-/m0/s1. The van der Waals surface area contributed by atoms with Gasteiger partial charge in [0.15, 0.2) is 11.5 Å². The summed E-state index contributed by atoms with van der Waals surface area (Å²) in [5.74, 6) is 1.25. The Morgan fingerprint density at radius 1 is 1.32 bits per heavy atom. The molecule has 120 valence electrons. The molecule has 2 rings (SSSR count). The highest BCUT2D eigenvalue weighted by Crippen LogP contribution is 2.36. The number of nitrogens with zero attached hydrogens (tertiary/aromatic N) is 1. The van der Waals surface area contributed by atoms with Crippen LogP contribution in [0.2, 0.25) is 0 Å². The van der Waals surface area contributed by atoms with E-state index in [1.807, 2.05) is 26.0 Å². The molecule has 1 saturated heterocycles. The molecule has 1 fully saturated rings. The Morgan fingerprint density at radius 3 is 2.59 bits per heavy atom. The number of hydrogen-bond donors (Lipinski definition) is 0. The van der Waals surface area contributed by atoms with E-state index >= 15 is 0 Å². The van der Waals surface area contributed by atoms with Crippen LogP contribution in [0.4, 0.5) is 4.79 Å². The van der Waals surface area contributed by atoms with E-state index in [1.54, 1.807) is 7.11 Å². The molecule has 1 heterocycles. The minimum atomic E-state index is -0.355. The number of halogens is 1. The van der Waals surface area contributed by atoms with Gasteiger partial charge in [-0.05, 0) is 60.6 Å². The lowest BCUT2D eigenvalue weighted by Crippen LogP contribution is -2.31. The normalized spacial score (nSPS) is 18.0. The minimum absolute atomic E-state index is 0.110. The molecule has 0 N–H and O–H groups in total. The van der Waals surface area contributed by atoms with Crippen molar-refractivity contribution in [3.8, 4) is 11.5 Å². The Morgan fingerprint density at radius 2 is 2.05 bits per heavy atom. The van der Waals surface area contributed by atoms with Crippen LogP contribution >= 0.6 is 34.4 Å². The van der Waals surface area contributed by atoms with E-state index in [0.717, 1.165) is 20.9 Å². The molecule has 1 aromatic carbocycles. The van der Waals surface area contributed by atoms with Gasteiger partial charge in [-0.3, -0.25) is 14.5 Å². The topological polar surface area (TPSA) is 55.8 Å². The minimum Gasteiger partial charge on any atom is -0.492 e. The molecule has 0 bridgehead atoms. The van der Waals surface area contributed by atoms with Crippen molar-refractivity contribution in [1.29, 1.82) is 0 Å². The summed E-state index contributed by atoms with van der Waals surface area (Å²) in [4.78, 5) is 25.3. The quantitative estimate of drug-likeness (QED) is 0.642. The Balaban J connectivity index is 2.23. The lowest BCUT2D eigenvalue weighted by Gasteiger charge is -2.15. The zero-order valence-corrected chi connectivity index (χ0v) is 15.7. The van der Waals surface area contributed by atoms with E-state index < -0.39 is 0 Å². The van der Waals surface area contributed by atoms with Gasteiger partial charge in [-0.25, -0.2) is 0 Å². The fourth-order valence-corrected chi connectivity index (χ4v) is 4.31.